The first kappa shape index (κ1) is 17.7. The number of aliphatic carboxylic acids is 1. The van der Waals surface area contributed by atoms with Gasteiger partial charge in [0.15, 0.2) is 0 Å². The molecule has 1 aromatic carbocycles. The number of carboxylic acids is 1. The van der Waals surface area contributed by atoms with Crippen LogP contribution < -0.4 is 0 Å². The first-order chi connectivity index (χ1) is 10.7. The van der Waals surface area contributed by atoms with Crippen molar-refractivity contribution in [1.29, 1.82) is 0 Å². The number of carbonyl (C=O) groups is 1. The molecule has 0 aromatic heterocycles. The monoisotopic (exact) mass is 330 g/mol. The van der Waals surface area contributed by atoms with Gasteiger partial charge in [0.2, 0.25) is 0 Å². The van der Waals surface area contributed by atoms with Crippen LogP contribution in [0.2, 0.25) is 0 Å². The highest BCUT2D eigenvalue weighted by Gasteiger charge is 2.36. The lowest BCUT2D eigenvalue weighted by atomic mass is 9.99. The molecule has 2 unspecified atom stereocenters. The Kier molecular flexibility index (Phi) is 5.31. The summed E-state index contributed by atoms with van der Waals surface area (Å²) in [7, 11) is 0. The van der Waals surface area contributed by atoms with Crippen LogP contribution in [0, 0.1) is 0 Å². The van der Waals surface area contributed by atoms with Gasteiger partial charge in [-0.1, -0.05) is 19.1 Å². The number of hydrogen-bond donors (Lipinski definition) is 1. The molecule has 1 N–H and O–H groups in total. The van der Waals surface area contributed by atoms with Crippen molar-refractivity contribution in [2.24, 2.45) is 0 Å². The molecule has 1 aromatic rings. The van der Waals surface area contributed by atoms with Gasteiger partial charge in [0, 0.05) is 25.7 Å². The molecule has 0 bridgehead atoms. The maximum absolute atomic E-state index is 12.9. The van der Waals surface area contributed by atoms with Crippen molar-refractivity contribution in [3.63, 3.8) is 0 Å². The summed E-state index contributed by atoms with van der Waals surface area (Å²) in [6.45, 7) is 6.75. The summed E-state index contributed by atoms with van der Waals surface area (Å²) in [6.07, 6.45) is -4.48. The fraction of sp³-hybridized carbons (Fsp3) is 0.562. The number of hydrogen-bond acceptors (Lipinski definition) is 3. The van der Waals surface area contributed by atoms with Crippen LogP contribution in [0.1, 0.15) is 31.0 Å². The summed E-state index contributed by atoms with van der Waals surface area (Å²) >= 11 is 0. The second kappa shape index (κ2) is 6.88. The van der Waals surface area contributed by atoms with E-state index in [0.29, 0.717) is 19.6 Å². The highest BCUT2D eigenvalue weighted by molar-refractivity contribution is 5.75. The molecular formula is C16H21F3N2O2. The van der Waals surface area contributed by atoms with Gasteiger partial charge in [0.25, 0.3) is 0 Å². The third-order valence-electron chi connectivity index (χ3n) is 4.31. The molecule has 1 fully saturated rings. The van der Waals surface area contributed by atoms with Crippen molar-refractivity contribution in [2.75, 3.05) is 26.2 Å². The normalized spacial score (nSPS) is 22.0. The van der Waals surface area contributed by atoms with Gasteiger partial charge in [-0.2, -0.15) is 13.2 Å². The van der Waals surface area contributed by atoms with Crippen molar-refractivity contribution in [3.8, 4) is 0 Å². The van der Waals surface area contributed by atoms with Gasteiger partial charge in [-0.3, -0.25) is 9.69 Å². The van der Waals surface area contributed by atoms with E-state index < -0.39 is 23.8 Å². The zero-order valence-electron chi connectivity index (χ0n) is 13.2. The van der Waals surface area contributed by atoms with Crippen LogP contribution in [0.25, 0.3) is 0 Å². The predicted molar refractivity (Wildman–Crippen MR) is 80.1 cm³/mol. The van der Waals surface area contributed by atoms with Crippen LogP contribution in [-0.4, -0.2) is 53.1 Å². The molecule has 7 heteroatoms. The van der Waals surface area contributed by atoms with Crippen molar-refractivity contribution >= 4 is 5.97 Å². The van der Waals surface area contributed by atoms with E-state index in [1.54, 1.807) is 4.90 Å². The number of carboxylic acid groups (broad SMARTS) is 1. The third-order valence-corrected chi connectivity index (χ3v) is 4.31. The molecule has 128 valence electrons. The summed E-state index contributed by atoms with van der Waals surface area (Å²) in [6, 6.07) is 3.51. The summed E-state index contributed by atoms with van der Waals surface area (Å²) in [5.74, 6) is -1.12. The minimum atomic E-state index is -4.48. The first-order valence-corrected chi connectivity index (χ1v) is 7.62. The van der Waals surface area contributed by atoms with E-state index >= 15 is 0 Å². The molecule has 0 spiro atoms. The van der Waals surface area contributed by atoms with Crippen LogP contribution in [0.15, 0.2) is 24.3 Å². The van der Waals surface area contributed by atoms with Gasteiger partial charge in [-0.25, -0.2) is 0 Å². The summed E-state index contributed by atoms with van der Waals surface area (Å²) in [4.78, 5) is 15.7. The molecule has 0 saturated carbocycles. The number of likely N-dealkylation sites (N-methyl/N-ethyl adjacent to an activating group) is 1. The van der Waals surface area contributed by atoms with E-state index in [1.165, 1.54) is 12.1 Å². The Bertz CT molecular complexity index is 563. The first-order valence-electron chi connectivity index (χ1n) is 7.62. The van der Waals surface area contributed by atoms with Crippen molar-refractivity contribution in [1.82, 2.24) is 9.80 Å². The van der Waals surface area contributed by atoms with Crippen LogP contribution >= 0.6 is 0 Å². The van der Waals surface area contributed by atoms with Crippen molar-refractivity contribution in [2.45, 2.75) is 32.1 Å². The average Bonchev–Trinajstić information content (AvgIpc) is 2.48. The van der Waals surface area contributed by atoms with E-state index in [9.17, 15) is 23.1 Å². The molecule has 2 rings (SSSR count). The largest absolute Gasteiger partial charge is 0.480 e. The molecule has 23 heavy (non-hydrogen) atoms. The standard InChI is InChI=1S/C16H21F3N2O2/c1-3-20-7-8-21(11(2)10-20)14(15(22)23)12-5-4-6-13(9-12)16(17,18)19/h4-6,9,11,14H,3,7-8,10H2,1-2H3,(H,22,23). The zero-order valence-corrected chi connectivity index (χ0v) is 13.2. The van der Waals surface area contributed by atoms with E-state index in [2.05, 4.69) is 4.90 Å². The molecule has 1 saturated heterocycles. The Labute approximate surface area is 133 Å². The minimum absolute atomic E-state index is 0.0423. The maximum Gasteiger partial charge on any atom is 0.416 e. The lowest BCUT2D eigenvalue weighted by Gasteiger charge is -2.42. The van der Waals surface area contributed by atoms with Crippen molar-refractivity contribution < 1.29 is 23.1 Å². The van der Waals surface area contributed by atoms with Gasteiger partial charge >= 0.3 is 12.1 Å². The molecule has 1 heterocycles. The lowest BCUT2D eigenvalue weighted by molar-refractivity contribution is -0.146. The minimum Gasteiger partial charge on any atom is -0.480 e. The highest BCUT2D eigenvalue weighted by Crippen LogP contribution is 2.33. The van der Waals surface area contributed by atoms with Gasteiger partial charge in [-0.15, -0.1) is 0 Å². The summed E-state index contributed by atoms with van der Waals surface area (Å²) in [5.41, 5.74) is -0.648. The van der Waals surface area contributed by atoms with E-state index in [-0.39, 0.29) is 11.6 Å². The van der Waals surface area contributed by atoms with Gasteiger partial charge in [-0.05, 0) is 31.2 Å². The topological polar surface area (TPSA) is 43.8 Å². The van der Waals surface area contributed by atoms with Crippen LogP contribution in [0.4, 0.5) is 13.2 Å². The quantitative estimate of drug-likeness (QED) is 0.922. The Hall–Kier alpha value is -1.60. The number of alkyl halides is 3. The smallest absolute Gasteiger partial charge is 0.416 e. The average molecular weight is 330 g/mol. The number of halogens is 3. The fourth-order valence-electron chi connectivity index (χ4n) is 3.08. The van der Waals surface area contributed by atoms with E-state index in [0.717, 1.165) is 18.7 Å². The molecule has 1 aliphatic heterocycles. The van der Waals surface area contributed by atoms with Crippen LogP contribution in [0.3, 0.4) is 0 Å². The van der Waals surface area contributed by atoms with Gasteiger partial charge < -0.3 is 10.0 Å². The fourth-order valence-corrected chi connectivity index (χ4v) is 3.08. The zero-order chi connectivity index (χ0) is 17.2. The highest BCUT2D eigenvalue weighted by atomic mass is 19.4. The van der Waals surface area contributed by atoms with Gasteiger partial charge in [0.05, 0.1) is 5.56 Å². The van der Waals surface area contributed by atoms with Crippen LogP contribution in [-0.2, 0) is 11.0 Å². The number of nitrogens with zero attached hydrogens (tertiary/aromatic N) is 2. The van der Waals surface area contributed by atoms with Gasteiger partial charge in [0.1, 0.15) is 6.04 Å². The molecule has 0 amide bonds. The molecule has 4 nitrogen and oxygen atoms in total. The second-order valence-corrected chi connectivity index (χ2v) is 5.84. The predicted octanol–water partition coefficient (Wildman–Crippen LogP) is 2.86. The van der Waals surface area contributed by atoms with E-state index in [1.807, 2.05) is 13.8 Å². The molecule has 2 atom stereocenters. The molecule has 1 aliphatic rings. The Balaban J connectivity index is 2.31. The number of piperazine rings is 1. The summed E-state index contributed by atoms with van der Waals surface area (Å²) < 4.78 is 38.6. The molecule has 0 radical (unpaired) electrons. The SMILES string of the molecule is CCN1CCN(C(C(=O)O)c2cccc(C(F)(F)F)c2)C(C)C1. The molecule has 0 aliphatic carbocycles. The second-order valence-electron chi connectivity index (χ2n) is 5.84. The molecular weight excluding hydrogens is 309 g/mol. The Morgan fingerprint density at radius 1 is 1.39 bits per heavy atom. The third kappa shape index (κ3) is 4.03. The maximum atomic E-state index is 12.9. The Morgan fingerprint density at radius 3 is 2.61 bits per heavy atom. The number of benzene rings is 1. The van der Waals surface area contributed by atoms with Crippen molar-refractivity contribution in [3.05, 3.63) is 35.4 Å². The summed E-state index contributed by atoms with van der Waals surface area (Å²) in [5, 5.41) is 9.58. The number of rotatable bonds is 4. The lowest BCUT2D eigenvalue weighted by Crippen LogP contribution is -2.54. The Morgan fingerprint density at radius 2 is 2.09 bits per heavy atom. The van der Waals surface area contributed by atoms with E-state index in [4.69, 9.17) is 0 Å². The van der Waals surface area contributed by atoms with Crippen LogP contribution in [0.5, 0.6) is 0 Å².